The molecule has 0 unspecified atom stereocenters. The zero-order valence-electron chi connectivity index (χ0n) is 12.0. The van der Waals surface area contributed by atoms with Crippen LogP contribution in [0.5, 0.6) is 0 Å². The van der Waals surface area contributed by atoms with Crippen molar-refractivity contribution in [2.24, 2.45) is 0 Å². The highest BCUT2D eigenvalue weighted by Crippen LogP contribution is 2.26. The summed E-state index contributed by atoms with van der Waals surface area (Å²) in [5.41, 5.74) is 2.27. The third-order valence-corrected chi connectivity index (χ3v) is 5.25. The maximum atomic E-state index is 12.0. The predicted molar refractivity (Wildman–Crippen MR) is 92.9 cm³/mol. The van der Waals surface area contributed by atoms with Crippen LogP contribution in [0, 0.1) is 0 Å². The number of nitrogens with zero attached hydrogens (tertiary/aromatic N) is 3. The first-order valence-corrected chi connectivity index (χ1v) is 8.87. The first kappa shape index (κ1) is 14.2. The highest BCUT2D eigenvalue weighted by molar-refractivity contribution is 7.98. The van der Waals surface area contributed by atoms with E-state index in [1.807, 2.05) is 35.7 Å². The predicted octanol–water partition coefficient (Wildman–Crippen LogP) is 3.44. The lowest BCUT2D eigenvalue weighted by atomic mass is 10.2. The van der Waals surface area contributed by atoms with E-state index >= 15 is 0 Å². The lowest BCUT2D eigenvalue weighted by Gasteiger charge is -2.02. The number of thioether (sulfide) groups is 1. The molecule has 7 heteroatoms. The summed E-state index contributed by atoms with van der Waals surface area (Å²) < 4.78 is 1.63. The van der Waals surface area contributed by atoms with Crippen molar-refractivity contribution in [3.05, 3.63) is 69.8 Å². The molecule has 1 N–H and O–H groups in total. The van der Waals surface area contributed by atoms with Crippen LogP contribution < -0.4 is 5.56 Å². The van der Waals surface area contributed by atoms with Gasteiger partial charge < -0.3 is 0 Å². The fraction of sp³-hybridized carbons (Fsp3) is 0.0625. The molecule has 5 nitrogen and oxygen atoms in total. The van der Waals surface area contributed by atoms with E-state index < -0.39 is 0 Å². The van der Waals surface area contributed by atoms with Crippen LogP contribution in [0.2, 0.25) is 0 Å². The van der Waals surface area contributed by atoms with Crippen molar-refractivity contribution in [3.8, 4) is 10.6 Å². The molecule has 3 aromatic heterocycles. The molecule has 0 saturated carbocycles. The highest BCUT2D eigenvalue weighted by Gasteiger charge is 2.12. The number of fused-ring (bicyclic) bond motifs is 1. The summed E-state index contributed by atoms with van der Waals surface area (Å²) in [6, 6.07) is 15.9. The Morgan fingerprint density at radius 1 is 1.17 bits per heavy atom. The highest BCUT2D eigenvalue weighted by atomic mass is 32.2. The lowest BCUT2D eigenvalue weighted by molar-refractivity contribution is 0.728. The molecule has 23 heavy (non-hydrogen) atoms. The molecule has 0 aliphatic rings. The molecule has 0 saturated heterocycles. The van der Waals surface area contributed by atoms with Gasteiger partial charge in [-0.05, 0) is 23.1 Å². The summed E-state index contributed by atoms with van der Waals surface area (Å²) in [6.07, 6.45) is 0. The zero-order valence-corrected chi connectivity index (χ0v) is 13.6. The largest absolute Gasteiger partial charge is 0.290 e. The number of hydrogen-bond acceptors (Lipinski definition) is 5. The van der Waals surface area contributed by atoms with E-state index in [9.17, 15) is 4.79 Å². The van der Waals surface area contributed by atoms with Crippen LogP contribution in [-0.4, -0.2) is 19.8 Å². The third-order valence-electron chi connectivity index (χ3n) is 3.36. The first-order valence-electron chi connectivity index (χ1n) is 7.00. The molecule has 3 heterocycles. The molecule has 114 valence electrons. The van der Waals surface area contributed by atoms with Gasteiger partial charge in [-0.1, -0.05) is 48.2 Å². The van der Waals surface area contributed by atoms with E-state index in [2.05, 4.69) is 27.4 Å². The first-order chi connectivity index (χ1) is 11.3. The molecule has 0 fully saturated rings. The second-order valence-electron chi connectivity index (χ2n) is 4.91. The summed E-state index contributed by atoms with van der Waals surface area (Å²) in [7, 11) is 0. The molecule has 4 rings (SSSR count). The SMILES string of the molecule is O=c1[nH]nc(SCc2ccccc2)n2nc(-c3cccs3)cc12. The average Bonchev–Trinajstić information content (AvgIpc) is 3.25. The molecule has 0 atom stereocenters. The van der Waals surface area contributed by atoms with Gasteiger partial charge in [0.05, 0.1) is 4.88 Å². The van der Waals surface area contributed by atoms with Crippen LogP contribution >= 0.6 is 23.1 Å². The Hall–Kier alpha value is -2.38. The number of thiophene rings is 1. The molecule has 0 spiro atoms. The summed E-state index contributed by atoms with van der Waals surface area (Å²) in [5, 5.41) is 13.9. The van der Waals surface area contributed by atoms with Gasteiger partial charge in [0.25, 0.3) is 5.56 Å². The quantitative estimate of drug-likeness (QED) is 0.578. The third kappa shape index (κ3) is 2.80. The Balaban J connectivity index is 1.72. The van der Waals surface area contributed by atoms with Crippen molar-refractivity contribution in [1.82, 2.24) is 19.8 Å². The number of H-pyrrole nitrogens is 1. The smallest absolute Gasteiger partial charge is 0.266 e. The summed E-state index contributed by atoms with van der Waals surface area (Å²) in [6.45, 7) is 0. The Morgan fingerprint density at radius 3 is 2.83 bits per heavy atom. The molecular formula is C16H12N4OS2. The molecule has 0 aliphatic heterocycles. The van der Waals surface area contributed by atoms with Crippen molar-refractivity contribution in [2.75, 3.05) is 0 Å². The van der Waals surface area contributed by atoms with Gasteiger partial charge in [0, 0.05) is 5.75 Å². The fourth-order valence-corrected chi connectivity index (χ4v) is 3.79. The van der Waals surface area contributed by atoms with Gasteiger partial charge in [-0.3, -0.25) is 4.79 Å². The van der Waals surface area contributed by atoms with Crippen LogP contribution in [0.1, 0.15) is 5.56 Å². The molecule has 0 radical (unpaired) electrons. The van der Waals surface area contributed by atoms with Gasteiger partial charge in [-0.15, -0.1) is 16.4 Å². The van der Waals surface area contributed by atoms with Crippen molar-refractivity contribution in [1.29, 1.82) is 0 Å². The van der Waals surface area contributed by atoms with E-state index in [0.717, 1.165) is 16.3 Å². The Labute approximate surface area is 140 Å². The molecule has 4 aromatic rings. The standard InChI is InChI=1S/C16H12N4OS2/c21-15-13-9-12(14-7-4-8-22-14)19-20(13)16(18-17-15)23-10-11-5-2-1-3-6-11/h1-9H,10H2,(H,17,21). The Morgan fingerprint density at radius 2 is 2.04 bits per heavy atom. The van der Waals surface area contributed by atoms with Crippen LogP contribution in [0.4, 0.5) is 0 Å². The number of rotatable bonds is 4. The number of aromatic amines is 1. The molecule has 1 aromatic carbocycles. The van der Waals surface area contributed by atoms with Crippen molar-refractivity contribution >= 4 is 28.6 Å². The summed E-state index contributed by atoms with van der Waals surface area (Å²) in [4.78, 5) is 13.0. The van der Waals surface area contributed by atoms with Gasteiger partial charge in [-0.25, -0.2) is 9.61 Å². The van der Waals surface area contributed by atoms with E-state index in [-0.39, 0.29) is 5.56 Å². The monoisotopic (exact) mass is 340 g/mol. The van der Waals surface area contributed by atoms with Gasteiger partial charge >= 0.3 is 0 Å². The Bertz CT molecular complexity index is 990. The number of benzene rings is 1. The van der Waals surface area contributed by atoms with E-state index in [4.69, 9.17) is 0 Å². The average molecular weight is 340 g/mol. The van der Waals surface area contributed by atoms with E-state index in [1.54, 1.807) is 33.7 Å². The number of hydrogen-bond donors (Lipinski definition) is 1. The van der Waals surface area contributed by atoms with Crippen LogP contribution in [-0.2, 0) is 5.75 Å². The van der Waals surface area contributed by atoms with Gasteiger partial charge in [0.1, 0.15) is 11.2 Å². The maximum Gasteiger partial charge on any atom is 0.290 e. The second kappa shape index (κ2) is 6.02. The van der Waals surface area contributed by atoms with Crippen molar-refractivity contribution < 1.29 is 0 Å². The minimum atomic E-state index is -0.232. The maximum absolute atomic E-state index is 12.0. The van der Waals surface area contributed by atoms with Gasteiger partial charge in [-0.2, -0.15) is 5.10 Å². The topological polar surface area (TPSA) is 63.0 Å². The zero-order chi connectivity index (χ0) is 15.6. The fourth-order valence-electron chi connectivity index (χ4n) is 2.25. The van der Waals surface area contributed by atoms with Gasteiger partial charge in [0.15, 0.2) is 0 Å². The van der Waals surface area contributed by atoms with E-state index in [1.165, 1.54) is 5.56 Å². The Kier molecular flexibility index (Phi) is 3.72. The molecular weight excluding hydrogens is 328 g/mol. The van der Waals surface area contributed by atoms with Crippen molar-refractivity contribution in [2.45, 2.75) is 10.9 Å². The van der Waals surface area contributed by atoms with Crippen molar-refractivity contribution in [3.63, 3.8) is 0 Å². The second-order valence-corrected chi connectivity index (χ2v) is 6.80. The normalized spacial score (nSPS) is 11.1. The minimum absolute atomic E-state index is 0.232. The summed E-state index contributed by atoms with van der Waals surface area (Å²) in [5.74, 6) is 0.767. The molecule has 0 bridgehead atoms. The van der Waals surface area contributed by atoms with Gasteiger partial charge in [0.2, 0.25) is 5.16 Å². The van der Waals surface area contributed by atoms with Crippen LogP contribution in [0.3, 0.4) is 0 Å². The summed E-state index contributed by atoms with van der Waals surface area (Å²) >= 11 is 3.14. The minimum Gasteiger partial charge on any atom is -0.266 e. The number of aromatic nitrogens is 4. The molecule has 0 aliphatic carbocycles. The van der Waals surface area contributed by atoms with Crippen LogP contribution in [0.15, 0.2) is 63.9 Å². The van der Waals surface area contributed by atoms with Crippen LogP contribution in [0.25, 0.3) is 16.1 Å². The number of nitrogens with one attached hydrogen (secondary N) is 1. The van der Waals surface area contributed by atoms with E-state index in [0.29, 0.717) is 10.7 Å². The lowest BCUT2D eigenvalue weighted by Crippen LogP contribution is -2.13. The molecule has 0 amide bonds.